The lowest BCUT2D eigenvalue weighted by molar-refractivity contribution is 0.479. The van der Waals surface area contributed by atoms with Gasteiger partial charge in [0, 0.05) is 0 Å². The molecule has 1 aromatic rings. The summed E-state index contributed by atoms with van der Waals surface area (Å²) in [5.74, 6) is 1.84. The van der Waals surface area contributed by atoms with Crippen molar-refractivity contribution < 1.29 is 8.85 Å². The summed E-state index contributed by atoms with van der Waals surface area (Å²) >= 11 is 3.66. The maximum atomic E-state index is 6.40. The van der Waals surface area contributed by atoms with Crippen molar-refractivity contribution in [3.8, 4) is 11.5 Å². The fourth-order valence-corrected chi connectivity index (χ4v) is 4.15. The predicted octanol–water partition coefficient (Wildman–Crippen LogP) is 7.22. The van der Waals surface area contributed by atoms with Crippen molar-refractivity contribution in [2.75, 3.05) is 0 Å². The van der Waals surface area contributed by atoms with Crippen molar-refractivity contribution in [2.24, 2.45) is 0 Å². The number of hydrogen-bond donors (Lipinski definition) is 0. The summed E-state index contributed by atoms with van der Waals surface area (Å²) in [5.41, 5.74) is 0. The summed E-state index contributed by atoms with van der Waals surface area (Å²) in [4.78, 5) is 0. The molecule has 0 spiro atoms. The first-order valence-corrected chi connectivity index (χ1v) is 14.9. The van der Waals surface area contributed by atoms with Crippen molar-refractivity contribution >= 4 is 32.6 Å². The van der Waals surface area contributed by atoms with Crippen LogP contribution in [0.5, 0.6) is 11.5 Å². The number of benzene rings is 1. The van der Waals surface area contributed by atoms with Gasteiger partial charge in [0.15, 0.2) is 0 Å². The predicted molar refractivity (Wildman–Crippen MR) is 110 cm³/mol. The van der Waals surface area contributed by atoms with Gasteiger partial charge in [-0.2, -0.15) is 0 Å². The van der Waals surface area contributed by atoms with Gasteiger partial charge in [0.2, 0.25) is 8.32 Å². The SMILES string of the molecule is CC(C)(C)[Si](C)(C)Oc1ccc(O[Si](C)(C)C(C)(C)C)c(Br)c1. The van der Waals surface area contributed by atoms with E-state index in [1.54, 1.807) is 0 Å². The molecule has 2 nitrogen and oxygen atoms in total. The van der Waals surface area contributed by atoms with Crippen LogP contribution in [0.25, 0.3) is 0 Å². The molecule has 0 amide bonds. The minimum absolute atomic E-state index is 0.183. The van der Waals surface area contributed by atoms with Crippen molar-refractivity contribution in [1.82, 2.24) is 0 Å². The first-order valence-electron chi connectivity index (χ1n) is 8.24. The van der Waals surface area contributed by atoms with Gasteiger partial charge in [-0.15, -0.1) is 0 Å². The Morgan fingerprint density at radius 3 is 1.61 bits per heavy atom. The standard InChI is InChI=1S/C18H33BrO2Si2/c1-17(2,3)22(7,8)20-14-11-12-16(15(19)13-14)21-23(9,10)18(4,5)6/h11-13H,1-10H3. The smallest absolute Gasteiger partial charge is 0.250 e. The van der Waals surface area contributed by atoms with Crippen molar-refractivity contribution in [1.29, 1.82) is 0 Å². The Kier molecular flexibility index (Phi) is 5.93. The molecular formula is C18H33BrO2Si2. The van der Waals surface area contributed by atoms with Gasteiger partial charge in [0.25, 0.3) is 8.32 Å². The van der Waals surface area contributed by atoms with Crippen molar-refractivity contribution in [3.05, 3.63) is 22.7 Å². The second kappa shape index (κ2) is 6.56. The van der Waals surface area contributed by atoms with Gasteiger partial charge in [-0.1, -0.05) is 41.5 Å². The van der Waals surface area contributed by atoms with Crippen LogP contribution in [0.2, 0.25) is 36.3 Å². The topological polar surface area (TPSA) is 18.5 Å². The van der Waals surface area contributed by atoms with E-state index in [0.29, 0.717) is 0 Å². The van der Waals surface area contributed by atoms with E-state index < -0.39 is 16.6 Å². The zero-order valence-electron chi connectivity index (χ0n) is 16.4. The van der Waals surface area contributed by atoms with Crippen molar-refractivity contribution in [3.63, 3.8) is 0 Å². The molecule has 0 fully saturated rings. The summed E-state index contributed by atoms with van der Waals surface area (Å²) in [6.07, 6.45) is 0. The van der Waals surface area contributed by atoms with Crippen molar-refractivity contribution in [2.45, 2.75) is 77.8 Å². The van der Waals surface area contributed by atoms with Crippen LogP contribution >= 0.6 is 15.9 Å². The van der Waals surface area contributed by atoms with Crippen LogP contribution in [0.3, 0.4) is 0 Å². The molecule has 0 aliphatic rings. The van der Waals surface area contributed by atoms with Gasteiger partial charge in [0.1, 0.15) is 11.5 Å². The Hall–Kier alpha value is -0.266. The van der Waals surface area contributed by atoms with E-state index in [4.69, 9.17) is 8.85 Å². The Balaban J connectivity index is 3.00. The van der Waals surface area contributed by atoms with Crippen LogP contribution in [0.1, 0.15) is 41.5 Å². The second-order valence-electron chi connectivity index (χ2n) is 9.32. The first kappa shape index (κ1) is 20.8. The highest BCUT2D eigenvalue weighted by atomic mass is 79.9. The molecular weight excluding hydrogens is 384 g/mol. The summed E-state index contributed by atoms with van der Waals surface area (Å²) in [7, 11) is -3.65. The minimum Gasteiger partial charge on any atom is -0.543 e. The molecule has 23 heavy (non-hydrogen) atoms. The van der Waals surface area contributed by atoms with E-state index in [9.17, 15) is 0 Å². The van der Waals surface area contributed by atoms with E-state index in [1.807, 2.05) is 18.2 Å². The molecule has 0 aliphatic carbocycles. The van der Waals surface area contributed by atoms with Crippen LogP contribution in [0, 0.1) is 0 Å². The average Bonchev–Trinajstić information content (AvgIpc) is 2.29. The molecule has 1 aromatic carbocycles. The fraction of sp³-hybridized carbons (Fsp3) is 0.667. The van der Waals surface area contributed by atoms with Crippen LogP contribution in [-0.4, -0.2) is 16.6 Å². The molecule has 5 heteroatoms. The molecule has 0 radical (unpaired) electrons. The Morgan fingerprint density at radius 2 is 1.22 bits per heavy atom. The third kappa shape index (κ3) is 5.10. The average molecular weight is 418 g/mol. The van der Waals surface area contributed by atoms with Gasteiger partial charge < -0.3 is 8.85 Å². The summed E-state index contributed by atoms with van der Waals surface area (Å²) < 4.78 is 13.7. The van der Waals surface area contributed by atoms with Gasteiger partial charge in [-0.05, 0) is 70.4 Å². The maximum absolute atomic E-state index is 6.40. The van der Waals surface area contributed by atoms with Crippen LogP contribution < -0.4 is 8.85 Å². The molecule has 0 N–H and O–H groups in total. The Labute approximate surface area is 153 Å². The summed E-state index contributed by atoms with van der Waals surface area (Å²) in [6, 6.07) is 6.11. The molecule has 0 bridgehead atoms. The van der Waals surface area contributed by atoms with E-state index in [2.05, 4.69) is 83.7 Å². The molecule has 0 atom stereocenters. The zero-order valence-corrected chi connectivity index (χ0v) is 20.0. The van der Waals surface area contributed by atoms with Gasteiger partial charge in [-0.3, -0.25) is 0 Å². The number of hydrogen-bond acceptors (Lipinski definition) is 2. The third-order valence-electron chi connectivity index (χ3n) is 5.25. The second-order valence-corrected chi connectivity index (χ2v) is 19.6. The first-order chi connectivity index (χ1) is 10.1. The minimum atomic E-state index is -1.83. The molecule has 1 rings (SSSR count). The van der Waals surface area contributed by atoms with Crippen LogP contribution in [-0.2, 0) is 0 Å². The highest BCUT2D eigenvalue weighted by molar-refractivity contribution is 9.10. The summed E-state index contributed by atoms with van der Waals surface area (Å²) in [6.45, 7) is 22.6. The van der Waals surface area contributed by atoms with E-state index in [0.717, 1.165) is 16.0 Å². The lowest BCUT2D eigenvalue weighted by Crippen LogP contribution is -2.44. The van der Waals surface area contributed by atoms with E-state index in [-0.39, 0.29) is 10.1 Å². The van der Waals surface area contributed by atoms with Gasteiger partial charge in [-0.25, -0.2) is 0 Å². The van der Waals surface area contributed by atoms with E-state index in [1.165, 1.54) is 0 Å². The molecule has 0 unspecified atom stereocenters. The molecule has 0 aliphatic heterocycles. The summed E-state index contributed by atoms with van der Waals surface area (Å²) in [5, 5.41) is 0.374. The number of rotatable bonds is 4. The monoisotopic (exact) mass is 416 g/mol. The molecule has 0 saturated carbocycles. The zero-order chi connectivity index (χ0) is 18.3. The normalized spacial score (nSPS) is 13.9. The van der Waals surface area contributed by atoms with Crippen LogP contribution in [0.4, 0.5) is 0 Å². The largest absolute Gasteiger partial charge is 0.543 e. The van der Waals surface area contributed by atoms with E-state index >= 15 is 0 Å². The van der Waals surface area contributed by atoms with Gasteiger partial charge in [0.05, 0.1) is 4.47 Å². The molecule has 0 saturated heterocycles. The number of halogens is 1. The molecule has 0 heterocycles. The lowest BCUT2D eigenvalue weighted by atomic mass is 10.2. The fourth-order valence-electron chi connectivity index (χ4n) is 1.50. The lowest BCUT2D eigenvalue weighted by Gasteiger charge is -2.37. The molecule has 0 aromatic heterocycles. The van der Waals surface area contributed by atoms with Crippen LogP contribution in [0.15, 0.2) is 22.7 Å². The Morgan fingerprint density at radius 1 is 0.783 bits per heavy atom. The molecule has 132 valence electrons. The maximum Gasteiger partial charge on any atom is 0.250 e. The Bertz CT molecular complexity index is 555. The third-order valence-corrected chi connectivity index (χ3v) is 14.6. The highest BCUT2D eigenvalue weighted by Crippen LogP contribution is 2.41. The van der Waals surface area contributed by atoms with Gasteiger partial charge >= 0.3 is 0 Å². The quantitative estimate of drug-likeness (QED) is 0.482. The highest BCUT2D eigenvalue weighted by Gasteiger charge is 2.40.